The number of ether oxygens (including phenoxy) is 1. The maximum atomic E-state index is 12.0. The molecule has 0 spiro atoms. The van der Waals surface area contributed by atoms with Crippen LogP contribution in [-0.2, 0) is 9.53 Å². The molecule has 0 heterocycles. The van der Waals surface area contributed by atoms with Gasteiger partial charge in [-0.05, 0) is 49.9 Å². The van der Waals surface area contributed by atoms with Crippen LogP contribution >= 0.6 is 0 Å². The summed E-state index contributed by atoms with van der Waals surface area (Å²) in [7, 11) is 0. The minimum Gasteiger partial charge on any atom is -0.464 e. The molecular weight excluding hydrogens is 228 g/mol. The van der Waals surface area contributed by atoms with Crippen LogP contribution in [0, 0.1) is 17.3 Å². The molecule has 0 saturated heterocycles. The van der Waals surface area contributed by atoms with E-state index in [0.717, 1.165) is 19.3 Å². The zero-order valence-corrected chi connectivity index (χ0v) is 12.5. The van der Waals surface area contributed by atoms with Crippen molar-refractivity contribution < 1.29 is 14.6 Å². The molecule has 1 aliphatic rings. The summed E-state index contributed by atoms with van der Waals surface area (Å²) in [4.78, 5) is 12.0. The van der Waals surface area contributed by atoms with E-state index in [-0.39, 0.29) is 11.3 Å². The molecule has 1 N–H and O–H groups in total. The van der Waals surface area contributed by atoms with Crippen molar-refractivity contribution >= 4 is 5.97 Å². The average Bonchev–Trinajstić information content (AvgIpc) is 2.25. The van der Waals surface area contributed by atoms with E-state index in [1.807, 2.05) is 6.92 Å². The number of carbonyl (C=O) groups excluding carboxylic acids is 1. The molecule has 0 aromatic carbocycles. The lowest BCUT2D eigenvalue weighted by Gasteiger charge is -2.44. The SMILES string of the molecule is CCOC(=O)C(O)(CC)C1CC(C)CC(C)(C)C1. The standard InChI is InChI=1S/C15H28O3/c1-6-15(17,13(16)18-7-2)12-8-11(3)9-14(4,5)10-12/h11-12,17H,6-10H2,1-5H3. The lowest BCUT2D eigenvalue weighted by atomic mass is 9.63. The minimum atomic E-state index is -1.30. The van der Waals surface area contributed by atoms with Crippen LogP contribution < -0.4 is 0 Å². The fourth-order valence-corrected chi connectivity index (χ4v) is 3.57. The van der Waals surface area contributed by atoms with Gasteiger partial charge in [-0.3, -0.25) is 0 Å². The topological polar surface area (TPSA) is 46.5 Å². The first-order chi connectivity index (χ1) is 8.25. The van der Waals surface area contributed by atoms with E-state index in [1.165, 1.54) is 0 Å². The predicted molar refractivity (Wildman–Crippen MR) is 72.2 cm³/mol. The van der Waals surface area contributed by atoms with Crippen molar-refractivity contribution in [2.45, 2.75) is 65.9 Å². The van der Waals surface area contributed by atoms with Gasteiger partial charge in [-0.2, -0.15) is 0 Å². The first-order valence-corrected chi connectivity index (χ1v) is 7.14. The molecule has 0 amide bonds. The highest BCUT2D eigenvalue weighted by atomic mass is 16.5. The van der Waals surface area contributed by atoms with E-state index in [0.29, 0.717) is 18.9 Å². The van der Waals surface area contributed by atoms with Crippen LogP contribution in [0.2, 0.25) is 0 Å². The molecule has 1 saturated carbocycles. The smallest absolute Gasteiger partial charge is 0.338 e. The Kier molecular flexibility index (Phi) is 4.82. The molecule has 3 atom stereocenters. The average molecular weight is 256 g/mol. The van der Waals surface area contributed by atoms with E-state index in [2.05, 4.69) is 20.8 Å². The van der Waals surface area contributed by atoms with E-state index in [9.17, 15) is 9.90 Å². The Labute approximate surface area is 111 Å². The third-order valence-corrected chi connectivity index (χ3v) is 4.23. The van der Waals surface area contributed by atoms with Crippen molar-refractivity contribution in [1.29, 1.82) is 0 Å². The van der Waals surface area contributed by atoms with E-state index < -0.39 is 11.6 Å². The number of aliphatic hydroxyl groups is 1. The van der Waals surface area contributed by atoms with Gasteiger partial charge in [0, 0.05) is 0 Å². The fraction of sp³-hybridized carbons (Fsp3) is 0.933. The Bertz CT molecular complexity index is 298. The normalized spacial score (nSPS) is 30.6. The molecule has 1 fully saturated rings. The van der Waals surface area contributed by atoms with Gasteiger partial charge < -0.3 is 9.84 Å². The lowest BCUT2D eigenvalue weighted by Crippen LogP contribution is -2.50. The molecule has 0 aromatic heterocycles. The minimum absolute atomic E-state index is 0.0142. The van der Waals surface area contributed by atoms with Crippen molar-refractivity contribution in [3.63, 3.8) is 0 Å². The van der Waals surface area contributed by atoms with Gasteiger partial charge in [-0.1, -0.05) is 27.7 Å². The number of esters is 1. The number of hydrogen-bond donors (Lipinski definition) is 1. The summed E-state index contributed by atoms with van der Waals surface area (Å²) in [6, 6.07) is 0. The number of rotatable bonds is 4. The van der Waals surface area contributed by atoms with Gasteiger partial charge in [-0.15, -0.1) is 0 Å². The van der Waals surface area contributed by atoms with Crippen LogP contribution in [0.3, 0.4) is 0 Å². The Morgan fingerprint density at radius 3 is 2.44 bits per heavy atom. The van der Waals surface area contributed by atoms with Gasteiger partial charge in [0.15, 0.2) is 5.60 Å². The fourth-order valence-electron chi connectivity index (χ4n) is 3.57. The summed E-state index contributed by atoms with van der Waals surface area (Å²) in [5.74, 6) is 0.119. The first-order valence-electron chi connectivity index (χ1n) is 7.14. The Balaban J connectivity index is 2.90. The molecule has 18 heavy (non-hydrogen) atoms. The van der Waals surface area contributed by atoms with Gasteiger partial charge in [0.05, 0.1) is 6.61 Å². The highest BCUT2D eigenvalue weighted by Crippen LogP contribution is 2.46. The Hall–Kier alpha value is -0.570. The first kappa shape index (κ1) is 15.5. The van der Waals surface area contributed by atoms with Crippen LogP contribution in [0.1, 0.15) is 60.3 Å². The monoisotopic (exact) mass is 256 g/mol. The quantitative estimate of drug-likeness (QED) is 0.786. The molecule has 1 rings (SSSR count). The van der Waals surface area contributed by atoms with Gasteiger partial charge in [0.25, 0.3) is 0 Å². The Morgan fingerprint density at radius 1 is 1.39 bits per heavy atom. The van der Waals surface area contributed by atoms with E-state index in [1.54, 1.807) is 6.92 Å². The number of carbonyl (C=O) groups is 1. The van der Waals surface area contributed by atoms with Crippen molar-refractivity contribution in [1.82, 2.24) is 0 Å². The van der Waals surface area contributed by atoms with E-state index >= 15 is 0 Å². The summed E-state index contributed by atoms with van der Waals surface area (Å²) in [5, 5.41) is 10.7. The zero-order chi connectivity index (χ0) is 14.0. The van der Waals surface area contributed by atoms with Crippen LogP contribution in [0.5, 0.6) is 0 Å². The summed E-state index contributed by atoms with van der Waals surface area (Å²) in [6.07, 6.45) is 3.39. The molecule has 106 valence electrons. The van der Waals surface area contributed by atoms with Crippen LogP contribution in [0.25, 0.3) is 0 Å². The summed E-state index contributed by atoms with van der Waals surface area (Å²) < 4.78 is 5.07. The molecule has 0 aromatic rings. The molecule has 0 aliphatic heterocycles. The molecular formula is C15H28O3. The van der Waals surface area contributed by atoms with Crippen LogP contribution in [0.15, 0.2) is 0 Å². The third kappa shape index (κ3) is 3.25. The molecule has 0 bridgehead atoms. The molecule has 1 aliphatic carbocycles. The van der Waals surface area contributed by atoms with Crippen molar-refractivity contribution in [3.8, 4) is 0 Å². The Morgan fingerprint density at radius 2 is 2.00 bits per heavy atom. The summed E-state index contributed by atoms with van der Waals surface area (Å²) in [6.45, 7) is 10.6. The second kappa shape index (κ2) is 5.60. The van der Waals surface area contributed by atoms with Gasteiger partial charge in [0.1, 0.15) is 0 Å². The number of hydrogen-bond acceptors (Lipinski definition) is 3. The van der Waals surface area contributed by atoms with Crippen molar-refractivity contribution in [2.24, 2.45) is 17.3 Å². The molecule has 3 heteroatoms. The largest absolute Gasteiger partial charge is 0.464 e. The van der Waals surface area contributed by atoms with Gasteiger partial charge >= 0.3 is 5.97 Å². The van der Waals surface area contributed by atoms with Crippen LogP contribution in [-0.4, -0.2) is 23.3 Å². The molecule has 3 nitrogen and oxygen atoms in total. The maximum Gasteiger partial charge on any atom is 0.338 e. The highest BCUT2D eigenvalue weighted by Gasteiger charge is 2.48. The van der Waals surface area contributed by atoms with Gasteiger partial charge in [0.2, 0.25) is 0 Å². The second-order valence-electron chi connectivity index (χ2n) is 6.61. The molecule has 0 radical (unpaired) electrons. The third-order valence-electron chi connectivity index (χ3n) is 4.23. The van der Waals surface area contributed by atoms with E-state index in [4.69, 9.17) is 4.74 Å². The summed E-state index contributed by atoms with van der Waals surface area (Å²) >= 11 is 0. The highest BCUT2D eigenvalue weighted by molar-refractivity contribution is 5.79. The maximum absolute atomic E-state index is 12.0. The predicted octanol–water partition coefficient (Wildman–Crippen LogP) is 3.15. The molecule has 3 unspecified atom stereocenters. The second-order valence-corrected chi connectivity index (χ2v) is 6.61. The zero-order valence-electron chi connectivity index (χ0n) is 12.5. The summed E-state index contributed by atoms with van der Waals surface area (Å²) in [5.41, 5.74) is -1.11. The van der Waals surface area contributed by atoms with Crippen LogP contribution in [0.4, 0.5) is 0 Å². The lowest BCUT2D eigenvalue weighted by molar-refractivity contribution is -0.176. The van der Waals surface area contributed by atoms with Crippen molar-refractivity contribution in [3.05, 3.63) is 0 Å². The van der Waals surface area contributed by atoms with Gasteiger partial charge in [-0.25, -0.2) is 4.79 Å². The van der Waals surface area contributed by atoms with Crippen molar-refractivity contribution in [2.75, 3.05) is 6.61 Å².